The van der Waals surface area contributed by atoms with Crippen LogP contribution in [0.4, 0.5) is 0 Å². The van der Waals surface area contributed by atoms with Crippen LogP contribution < -0.4 is 14.8 Å². The summed E-state index contributed by atoms with van der Waals surface area (Å²) < 4.78 is 12.6. The number of nitrogens with zero attached hydrogens (tertiary/aromatic N) is 3. The van der Waals surface area contributed by atoms with E-state index in [2.05, 4.69) is 10.3 Å². The van der Waals surface area contributed by atoms with Crippen molar-refractivity contribution >= 4 is 17.1 Å². The van der Waals surface area contributed by atoms with E-state index in [1.807, 2.05) is 65.2 Å². The lowest BCUT2D eigenvalue weighted by Crippen LogP contribution is -2.26. The van der Waals surface area contributed by atoms with Crippen LogP contribution in [0.15, 0.2) is 66.9 Å². The molecule has 158 valence electrons. The van der Waals surface area contributed by atoms with E-state index >= 15 is 0 Å². The average molecular weight is 416 g/mol. The number of imidazole rings is 1. The van der Waals surface area contributed by atoms with Gasteiger partial charge >= 0.3 is 0 Å². The second kappa shape index (κ2) is 9.30. The summed E-state index contributed by atoms with van der Waals surface area (Å²) in [6.45, 7) is 0.884. The quantitative estimate of drug-likeness (QED) is 0.477. The summed E-state index contributed by atoms with van der Waals surface area (Å²) in [7, 11) is 3.26. The van der Waals surface area contributed by atoms with Gasteiger partial charge in [-0.05, 0) is 47.5 Å². The maximum absolute atomic E-state index is 12.5. The fourth-order valence-electron chi connectivity index (χ4n) is 3.47. The summed E-state index contributed by atoms with van der Waals surface area (Å²) in [5.74, 6) is 2.19. The molecule has 0 saturated heterocycles. The van der Waals surface area contributed by atoms with Crippen molar-refractivity contribution in [1.29, 1.82) is 0 Å². The average Bonchev–Trinajstić information content (AvgIpc) is 3.15. The van der Waals surface area contributed by atoms with Crippen LogP contribution in [0.25, 0.3) is 11.2 Å². The molecule has 1 N–H and O–H groups in total. The summed E-state index contributed by atoms with van der Waals surface area (Å²) in [5, 5.41) is 2.98. The molecule has 0 spiro atoms. The van der Waals surface area contributed by atoms with E-state index < -0.39 is 0 Å². The fraction of sp³-hybridized carbons (Fsp3) is 0.208. The van der Waals surface area contributed by atoms with E-state index in [1.54, 1.807) is 20.4 Å². The predicted octanol–water partition coefficient (Wildman–Crippen LogP) is 3.36. The zero-order valence-corrected chi connectivity index (χ0v) is 17.5. The van der Waals surface area contributed by atoms with Gasteiger partial charge < -0.3 is 19.4 Å². The maximum Gasteiger partial charge on any atom is 0.224 e. The van der Waals surface area contributed by atoms with Crippen molar-refractivity contribution in [3.8, 4) is 11.5 Å². The third-order valence-electron chi connectivity index (χ3n) is 5.00. The summed E-state index contributed by atoms with van der Waals surface area (Å²) in [5.41, 5.74) is 3.53. The lowest BCUT2D eigenvalue weighted by molar-refractivity contribution is -0.120. The van der Waals surface area contributed by atoms with E-state index in [1.165, 1.54) is 0 Å². The monoisotopic (exact) mass is 416 g/mol. The van der Waals surface area contributed by atoms with Gasteiger partial charge in [-0.3, -0.25) is 4.79 Å². The summed E-state index contributed by atoms with van der Waals surface area (Å²) in [6.07, 6.45) is 2.02. The molecule has 0 saturated carbocycles. The highest BCUT2D eigenvalue weighted by Crippen LogP contribution is 2.19. The molecule has 0 aliphatic carbocycles. The first-order chi connectivity index (χ1) is 15.2. The molecule has 0 unspecified atom stereocenters. The minimum absolute atomic E-state index is 0.0822. The lowest BCUT2D eigenvalue weighted by atomic mass is 10.1. The number of aromatic nitrogens is 3. The number of nitrogens with one attached hydrogen (secondary N) is 1. The fourth-order valence-corrected chi connectivity index (χ4v) is 3.47. The molecular formula is C24H24N4O3. The molecule has 0 fully saturated rings. The van der Waals surface area contributed by atoms with Crippen molar-refractivity contribution in [2.75, 3.05) is 14.2 Å². The van der Waals surface area contributed by atoms with Crippen LogP contribution in [-0.4, -0.2) is 34.7 Å². The van der Waals surface area contributed by atoms with Crippen LogP contribution in [0.2, 0.25) is 0 Å². The van der Waals surface area contributed by atoms with E-state index in [0.29, 0.717) is 13.1 Å². The zero-order valence-electron chi connectivity index (χ0n) is 17.5. The third kappa shape index (κ3) is 4.83. The van der Waals surface area contributed by atoms with E-state index in [4.69, 9.17) is 14.5 Å². The number of hydrogen-bond acceptors (Lipinski definition) is 5. The Kier molecular flexibility index (Phi) is 6.12. The highest BCUT2D eigenvalue weighted by molar-refractivity contribution is 5.78. The van der Waals surface area contributed by atoms with Gasteiger partial charge in [0.25, 0.3) is 0 Å². The molecule has 4 rings (SSSR count). The number of carbonyl (C=O) groups excluding carboxylic acids is 1. The van der Waals surface area contributed by atoms with Gasteiger partial charge in [0, 0.05) is 6.20 Å². The Morgan fingerprint density at radius 2 is 1.68 bits per heavy atom. The van der Waals surface area contributed by atoms with Crippen LogP contribution in [0.3, 0.4) is 0 Å². The first-order valence-electron chi connectivity index (χ1n) is 9.99. The van der Waals surface area contributed by atoms with Crippen LogP contribution in [0.5, 0.6) is 11.5 Å². The van der Waals surface area contributed by atoms with Gasteiger partial charge in [-0.1, -0.05) is 24.3 Å². The van der Waals surface area contributed by atoms with E-state index in [0.717, 1.165) is 39.6 Å². The Balaban J connectivity index is 1.52. The van der Waals surface area contributed by atoms with Gasteiger partial charge in [-0.15, -0.1) is 0 Å². The van der Waals surface area contributed by atoms with Gasteiger partial charge in [0.1, 0.15) is 22.8 Å². The van der Waals surface area contributed by atoms with Gasteiger partial charge in [-0.25, -0.2) is 9.97 Å². The minimum Gasteiger partial charge on any atom is -0.497 e. The highest BCUT2D eigenvalue weighted by Gasteiger charge is 2.14. The third-order valence-corrected chi connectivity index (χ3v) is 5.00. The predicted molar refractivity (Wildman–Crippen MR) is 118 cm³/mol. The van der Waals surface area contributed by atoms with Crippen molar-refractivity contribution in [2.45, 2.75) is 19.5 Å². The number of benzene rings is 2. The number of ether oxygens (including phenoxy) is 2. The van der Waals surface area contributed by atoms with Crippen molar-refractivity contribution in [3.05, 3.63) is 83.8 Å². The van der Waals surface area contributed by atoms with Crippen LogP contribution >= 0.6 is 0 Å². The van der Waals surface area contributed by atoms with Crippen LogP contribution in [-0.2, 0) is 24.3 Å². The number of rotatable bonds is 8. The molecule has 2 aromatic carbocycles. The Hall–Kier alpha value is -3.87. The minimum atomic E-state index is -0.0822. The summed E-state index contributed by atoms with van der Waals surface area (Å²) >= 11 is 0. The van der Waals surface area contributed by atoms with Gasteiger partial charge in [0.2, 0.25) is 5.91 Å². The standard InChI is InChI=1S/C24H24N4O3/c1-30-19-8-3-6-17(12-19)14-23(29)26-15-22-27-21-10-5-11-25-24(21)28(22)16-18-7-4-9-20(13-18)31-2/h3-13H,14-16H2,1-2H3,(H,26,29). The van der Waals surface area contributed by atoms with Crippen molar-refractivity contribution in [3.63, 3.8) is 0 Å². The smallest absolute Gasteiger partial charge is 0.224 e. The molecule has 2 heterocycles. The molecule has 0 aliphatic rings. The largest absolute Gasteiger partial charge is 0.497 e. The first kappa shape index (κ1) is 20.4. The van der Waals surface area contributed by atoms with E-state index in [9.17, 15) is 4.79 Å². The highest BCUT2D eigenvalue weighted by atomic mass is 16.5. The maximum atomic E-state index is 12.5. The number of pyridine rings is 1. The van der Waals surface area contributed by atoms with Gasteiger partial charge in [0.05, 0.1) is 33.7 Å². The molecule has 4 aromatic rings. The second-order valence-corrected chi connectivity index (χ2v) is 7.12. The van der Waals surface area contributed by atoms with Crippen molar-refractivity contribution in [2.24, 2.45) is 0 Å². The molecular weight excluding hydrogens is 392 g/mol. The number of carbonyl (C=O) groups is 1. The van der Waals surface area contributed by atoms with E-state index in [-0.39, 0.29) is 12.3 Å². The lowest BCUT2D eigenvalue weighted by Gasteiger charge is -2.11. The SMILES string of the molecule is COc1cccc(CC(=O)NCc2nc3cccnc3n2Cc2cccc(OC)c2)c1. The molecule has 7 nitrogen and oxygen atoms in total. The Morgan fingerprint density at radius 3 is 2.42 bits per heavy atom. The molecule has 0 bridgehead atoms. The molecule has 1 amide bonds. The van der Waals surface area contributed by atoms with Gasteiger partial charge in [-0.2, -0.15) is 0 Å². The number of amides is 1. The van der Waals surface area contributed by atoms with Gasteiger partial charge in [0.15, 0.2) is 5.65 Å². The molecule has 0 aliphatic heterocycles. The van der Waals surface area contributed by atoms with Crippen molar-refractivity contribution in [1.82, 2.24) is 19.9 Å². The van der Waals surface area contributed by atoms with Crippen LogP contribution in [0, 0.1) is 0 Å². The topological polar surface area (TPSA) is 78.3 Å². The Morgan fingerprint density at radius 1 is 0.968 bits per heavy atom. The molecule has 7 heteroatoms. The van der Waals surface area contributed by atoms with Crippen LogP contribution in [0.1, 0.15) is 17.0 Å². The Bertz CT molecular complexity index is 1200. The molecule has 31 heavy (non-hydrogen) atoms. The Labute approximate surface area is 180 Å². The summed E-state index contributed by atoms with van der Waals surface area (Å²) in [6, 6.07) is 19.2. The molecule has 0 atom stereocenters. The number of methoxy groups -OCH3 is 2. The second-order valence-electron chi connectivity index (χ2n) is 7.12. The number of fused-ring (bicyclic) bond motifs is 1. The first-order valence-corrected chi connectivity index (χ1v) is 9.99. The summed E-state index contributed by atoms with van der Waals surface area (Å²) in [4.78, 5) is 21.7. The molecule has 0 radical (unpaired) electrons. The zero-order chi connectivity index (χ0) is 21.6. The number of hydrogen-bond donors (Lipinski definition) is 1. The normalized spacial score (nSPS) is 10.8. The molecule has 2 aromatic heterocycles. The van der Waals surface area contributed by atoms with Crippen molar-refractivity contribution < 1.29 is 14.3 Å².